The third kappa shape index (κ3) is 2.17. The number of hydrogen-bond donors (Lipinski definition) is 0. The number of rotatable bonds is 1. The number of esters is 1. The van der Waals surface area contributed by atoms with Crippen LogP contribution in [0.4, 0.5) is 0 Å². The number of ether oxygens (including phenoxy) is 2. The lowest BCUT2D eigenvalue weighted by Crippen LogP contribution is -2.79. The maximum absolute atomic E-state index is 14.2. The molecular formula is C22H21N2O5S2-. The van der Waals surface area contributed by atoms with Gasteiger partial charge in [-0.15, -0.1) is 0 Å². The van der Waals surface area contributed by atoms with Crippen LogP contribution < -0.4 is 0 Å². The molecule has 7 nitrogen and oxygen atoms in total. The Kier molecular flexibility index (Phi) is 3.82. The summed E-state index contributed by atoms with van der Waals surface area (Å²) in [4.78, 5) is 41.3. The van der Waals surface area contributed by atoms with Crippen molar-refractivity contribution in [2.24, 2.45) is 5.92 Å². The molecule has 0 aromatic rings. The summed E-state index contributed by atoms with van der Waals surface area (Å²) in [7, 11) is 0.503. The Morgan fingerprint density at radius 2 is 2.03 bits per heavy atom. The van der Waals surface area contributed by atoms with Gasteiger partial charge in [-0.2, -0.15) is 0 Å². The molecule has 162 valence electrons. The second-order valence-electron chi connectivity index (χ2n) is 8.76. The topological polar surface area (TPSA) is 76.2 Å². The zero-order valence-corrected chi connectivity index (χ0v) is 18.7. The first kappa shape index (κ1) is 19.3. The number of hydrogen-bond acceptors (Lipinski definition) is 7. The fourth-order valence-corrected chi connectivity index (χ4v) is 10.5. The van der Waals surface area contributed by atoms with Gasteiger partial charge >= 0.3 is 5.97 Å². The summed E-state index contributed by atoms with van der Waals surface area (Å²) in [6.07, 6.45) is 10.9. The summed E-state index contributed by atoms with van der Waals surface area (Å²) in [5.74, 6) is -0.661. The normalized spacial score (nSPS) is 42.2. The molecule has 7 aliphatic rings. The Labute approximate surface area is 185 Å². The van der Waals surface area contributed by atoms with E-state index in [9.17, 15) is 14.4 Å². The SMILES string of the molecule is C#[S-]1S[C@@]23CC4=CC=C[C@H](OC(C)=O)C4N2C(=O)[C@@]12CC1=COC=C[C@H](C)C1N2C3=O. The summed E-state index contributed by atoms with van der Waals surface area (Å²) in [5.41, 5.74) is 8.52. The van der Waals surface area contributed by atoms with Gasteiger partial charge in [0.2, 0.25) is 5.91 Å². The maximum Gasteiger partial charge on any atom is 0.303 e. The molecule has 2 unspecified atom stereocenters. The average molecular weight is 458 g/mol. The van der Waals surface area contributed by atoms with Crippen LogP contribution in [0, 0.1) is 11.6 Å². The van der Waals surface area contributed by atoms with Gasteiger partial charge in [-0.05, 0) is 29.7 Å². The summed E-state index contributed by atoms with van der Waals surface area (Å²) >= 11 is 0. The highest BCUT2D eigenvalue weighted by Crippen LogP contribution is 2.64. The van der Waals surface area contributed by atoms with Crippen LogP contribution in [-0.2, 0) is 33.2 Å². The summed E-state index contributed by atoms with van der Waals surface area (Å²) in [6.45, 7) is 3.38. The van der Waals surface area contributed by atoms with Gasteiger partial charge in [0.1, 0.15) is 6.10 Å². The first-order chi connectivity index (χ1) is 14.8. The van der Waals surface area contributed by atoms with Gasteiger partial charge in [-0.1, -0.05) is 19.1 Å². The molecule has 1 aliphatic carbocycles. The first-order valence-corrected chi connectivity index (χ1v) is 12.8. The van der Waals surface area contributed by atoms with E-state index >= 15 is 0 Å². The van der Waals surface area contributed by atoms with Gasteiger partial charge < -0.3 is 34.3 Å². The minimum Gasteiger partial charge on any atom is -0.473 e. The smallest absolute Gasteiger partial charge is 0.303 e. The average Bonchev–Trinajstić information content (AvgIpc) is 3.18. The third-order valence-electron chi connectivity index (χ3n) is 7.05. The lowest BCUT2D eigenvalue weighted by molar-refractivity contribution is -0.169. The van der Waals surface area contributed by atoms with E-state index in [1.54, 1.807) is 28.4 Å². The second-order valence-corrected chi connectivity index (χ2v) is 12.4. The number of carbonyl (C=O) groups excluding carboxylic acids is 3. The van der Waals surface area contributed by atoms with Gasteiger partial charge in [0, 0.05) is 19.3 Å². The van der Waals surface area contributed by atoms with Gasteiger partial charge in [0.25, 0.3) is 5.91 Å². The van der Waals surface area contributed by atoms with E-state index in [1.165, 1.54) is 17.7 Å². The highest BCUT2D eigenvalue weighted by Gasteiger charge is 2.72. The largest absolute Gasteiger partial charge is 0.473 e. The molecule has 9 heteroatoms. The predicted molar refractivity (Wildman–Crippen MR) is 116 cm³/mol. The van der Waals surface area contributed by atoms with Crippen molar-refractivity contribution >= 4 is 37.9 Å². The van der Waals surface area contributed by atoms with Crippen molar-refractivity contribution in [3.63, 3.8) is 0 Å². The highest BCUT2D eigenvalue weighted by molar-refractivity contribution is 8.71. The van der Waals surface area contributed by atoms with Crippen molar-refractivity contribution in [1.29, 1.82) is 0 Å². The van der Waals surface area contributed by atoms with Crippen LogP contribution in [0.5, 0.6) is 0 Å². The van der Waals surface area contributed by atoms with Crippen molar-refractivity contribution in [3.05, 3.63) is 48.0 Å². The van der Waals surface area contributed by atoms with Gasteiger partial charge in [0.05, 0.1) is 29.5 Å². The fourth-order valence-electron chi connectivity index (χ4n) is 5.90. The minimum absolute atomic E-state index is 0.00516. The van der Waals surface area contributed by atoms with Crippen molar-refractivity contribution in [3.8, 4) is 5.69 Å². The molecule has 6 atom stereocenters. The van der Waals surface area contributed by atoms with Gasteiger partial charge in [-0.3, -0.25) is 14.4 Å². The van der Waals surface area contributed by atoms with Crippen molar-refractivity contribution in [2.45, 2.75) is 54.6 Å². The quantitative estimate of drug-likeness (QED) is 0.340. The lowest BCUT2D eigenvalue weighted by atomic mass is 9.95. The van der Waals surface area contributed by atoms with Crippen LogP contribution in [-0.4, -0.2) is 55.5 Å². The third-order valence-corrected chi connectivity index (χ3v) is 11.4. The van der Waals surface area contributed by atoms with E-state index in [0.29, 0.717) is 12.8 Å². The first-order valence-electron chi connectivity index (χ1n) is 10.2. The Balaban J connectivity index is 1.52. The van der Waals surface area contributed by atoms with Crippen molar-refractivity contribution in [2.75, 3.05) is 0 Å². The lowest BCUT2D eigenvalue weighted by Gasteiger charge is -2.66. The fraction of sp³-hybridized carbons (Fsp3) is 0.455. The van der Waals surface area contributed by atoms with Crippen molar-refractivity contribution in [1.82, 2.24) is 9.80 Å². The number of amides is 2. The molecule has 0 N–H and O–H groups in total. The maximum atomic E-state index is 14.2. The summed E-state index contributed by atoms with van der Waals surface area (Å²) < 4.78 is 11.0. The molecule has 6 heterocycles. The molecule has 31 heavy (non-hydrogen) atoms. The highest BCUT2D eigenvalue weighted by atomic mass is 33.1. The predicted octanol–water partition coefficient (Wildman–Crippen LogP) is 1.96. The van der Waals surface area contributed by atoms with E-state index in [1.807, 2.05) is 25.2 Å². The van der Waals surface area contributed by atoms with Crippen LogP contribution in [0.25, 0.3) is 0 Å². The minimum atomic E-state index is -1.14. The van der Waals surface area contributed by atoms with Crippen LogP contribution in [0.1, 0.15) is 26.7 Å². The van der Waals surface area contributed by atoms with E-state index in [-0.39, 0.29) is 23.8 Å². The standard InChI is InChI=1S/C22H21N2O5S2/c1-12-7-8-28-11-15-10-22-20(27)23-18-14(5-4-6-16(18)29-13(2)25)9-21(23,30-31(22)3)19(26)24(22)17(12)15/h3-8,11-12,16-18H,9-10H2,1-2H3/q-1/t12-,16-,17?,18?,21+,22+/m0/s1. The van der Waals surface area contributed by atoms with E-state index in [4.69, 9.17) is 15.2 Å². The second kappa shape index (κ2) is 6.12. The molecular weight excluding hydrogens is 436 g/mol. The molecule has 7 rings (SSSR count). The monoisotopic (exact) mass is 457 g/mol. The Hall–Kier alpha value is -2.35. The zero-order chi connectivity index (χ0) is 21.7. The Morgan fingerprint density at radius 3 is 2.81 bits per heavy atom. The van der Waals surface area contributed by atoms with Crippen LogP contribution >= 0.6 is 10.8 Å². The number of nitrogens with zero attached hydrogens (tertiary/aromatic N) is 2. The number of allylic oxidation sites excluding steroid dienone is 2. The van der Waals surface area contributed by atoms with Crippen molar-refractivity contribution < 1.29 is 23.9 Å². The van der Waals surface area contributed by atoms with Crippen LogP contribution in [0.2, 0.25) is 0 Å². The van der Waals surface area contributed by atoms with E-state index < -0.39 is 37.2 Å². The molecule has 0 radical (unpaired) electrons. The molecule has 0 saturated carbocycles. The Bertz CT molecular complexity index is 1150. The molecule has 5 fully saturated rings. The summed E-state index contributed by atoms with van der Waals surface area (Å²) in [5, 5.41) is 0. The van der Waals surface area contributed by atoms with E-state index in [2.05, 4.69) is 0 Å². The van der Waals surface area contributed by atoms with Crippen LogP contribution in [0.15, 0.2) is 48.0 Å². The number of fused-ring (bicyclic) bond motifs is 3. The molecule has 6 aliphatic heterocycles. The van der Waals surface area contributed by atoms with Gasteiger partial charge in [0.15, 0.2) is 4.87 Å². The van der Waals surface area contributed by atoms with E-state index in [0.717, 1.165) is 11.1 Å². The van der Waals surface area contributed by atoms with Gasteiger partial charge in [-0.25, -0.2) is 10.8 Å². The number of carbonyl (C=O) groups is 3. The van der Waals surface area contributed by atoms with Crippen LogP contribution in [0.3, 0.4) is 0 Å². The molecule has 2 bridgehead atoms. The molecule has 5 saturated heterocycles. The molecule has 0 aromatic heterocycles. The molecule has 2 amide bonds. The molecule has 0 aromatic carbocycles. The Morgan fingerprint density at radius 1 is 1.23 bits per heavy atom. The summed E-state index contributed by atoms with van der Waals surface area (Å²) in [6, 6.07) is -0.741. The zero-order valence-electron chi connectivity index (χ0n) is 17.0. The molecule has 2 spiro atoms. The number of piperazine rings is 1.